The van der Waals surface area contributed by atoms with E-state index in [2.05, 4.69) is 12.2 Å². The molecule has 2 nitrogen and oxygen atoms in total. The summed E-state index contributed by atoms with van der Waals surface area (Å²) >= 11 is 0. The highest BCUT2D eigenvalue weighted by Crippen LogP contribution is 2.43. The van der Waals surface area contributed by atoms with Crippen LogP contribution in [0.3, 0.4) is 0 Å². The van der Waals surface area contributed by atoms with E-state index in [4.69, 9.17) is 4.74 Å². The molecule has 1 aromatic rings. The predicted octanol–water partition coefficient (Wildman–Crippen LogP) is 3.82. The highest BCUT2D eigenvalue weighted by Gasteiger charge is 2.42. The number of ether oxygens (including phenoxy) is 1. The van der Waals surface area contributed by atoms with Gasteiger partial charge in [-0.2, -0.15) is 0 Å². The third-order valence-corrected chi connectivity index (χ3v) is 4.49. The Labute approximate surface area is 119 Å². The van der Waals surface area contributed by atoms with Gasteiger partial charge in [0.1, 0.15) is 0 Å². The Morgan fingerprint density at radius 3 is 2.65 bits per heavy atom. The number of methoxy groups -OCH3 is 1. The number of halogens is 2. The molecule has 0 radical (unpaired) electrons. The monoisotopic (exact) mass is 283 g/mol. The second-order valence-electron chi connectivity index (χ2n) is 5.87. The first-order chi connectivity index (χ1) is 9.52. The van der Waals surface area contributed by atoms with Crippen LogP contribution in [0, 0.1) is 17.6 Å². The van der Waals surface area contributed by atoms with Crippen molar-refractivity contribution in [2.45, 2.75) is 44.2 Å². The van der Waals surface area contributed by atoms with Crippen LogP contribution in [-0.2, 0) is 4.74 Å². The molecule has 1 aliphatic carbocycles. The van der Waals surface area contributed by atoms with Gasteiger partial charge >= 0.3 is 0 Å². The van der Waals surface area contributed by atoms with Crippen molar-refractivity contribution in [3.05, 3.63) is 35.4 Å². The summed E-state index contributed by atoms with van der Waals surface area (Å²) in [6.45, 7) is 2.21. The molecular formula is C16H23F2NO. The third-order valence-electron chi connectivity index (χ3n) is 4.49. The van der Waals surface area contributed by atoms with Crippen molar-refractivity contribution in [3.63, 3.8) is 0 Å². The zero-order valence-corrected chi connectivity index (χ0v) is 12.4. The first-order valence-electron chi connectivity index (χ1n) is 7.20. The van der Waals surface area contributed by atoms with Crippen LogP contribution in [0.15, 0.2) is 18.2 Å². The van der Waals surface area contributed by atoms with Crippen molar-refractivity contribution in [2.75, 3.05) is 14.2 Å². The molecule has 3 atom stereocenters. The van der Waals surface area contributed by atoms with Gasteiger partial charge in [0.05, 0.1) is 11.6 Å². The Balaban J connectivity index is 2.35. The fraction of sp³-hybridized carbons (Fsp3) is 0.625. The van der Waals surface area contributed by atoms with Crippen LogP contribution in [0.2, 0.25) is 0 Å². The lowest BCUT2D eigenvalue weighted by Crippen LogP contribution is -2.47. The molecule has 0 spiro atoms. The second kappa shape index (κ2) is 6.19. The molecule has 3 unspecified atom stereocenters. The molecule has 2 rings (SSSR count). The fourth-order valence-corrected chi connectivity index (χ4v) is 3.53. The Kier molecular flexibility index (Phi) is 4.76. The Morgan fingerprint density at radius 2 is 2.10 bits per heavy atom. The van der Waals surface area contributed by atoms with Gasteiger partial charge in [0.15, 0.2) is 11.6 Å². The number of hydrogen-bond donors (Lipinski definition) is 1. The molecule has 0 aliphatic heterocycles. The lowest BCUT2D eigenvalue weighted by Gasteiger charge is -2.44. The maximum atomic E-state index is 13.5. The van der Waals surface area contributed by atoms with Gasteiger partial charge < -0.3 is 10.1 Å². The van der Waals surface area contributed by atoms with Gasteiger partial charge in [-0.25, -0.2) is 8.78 Å². The van der Waals surface area contributed by atoms with Crippen molar-refractivity contribution < 1.29 is 13.5 Å². The lowest BCUT2D eigenvalue weighted by molar-refractivity contribution is -0.0790. The number of hydrogen-bond acceptors (Lipinski definition) is 2. The molecule has 0 aromatic heterocycles. The van der Waals surface area contributed by atoms with Crippen LogP contribution >= 0.6 is 0 Å². The van der Waals surface area contributed by atoms with Crippen LogP contribution in [-0.4, -0.2) is 19.8 Å². The summed E-state index contributed by atoms with van der Waals surface area (Å²) in [6, 6.07) is 3.96. The summed E-state index contributed by atoms with van der Waals surface area (Å²) in [7, 11) is 3.55. The number of likely N-dealkylation sites (N-methyl/N-ethyl adjacent to an activating group) is 1. The first-order valence-corrected chi connectivity index (χ1v) is 7.20. The summed E-state index contributed by atoms with van der Waals surface area (Å²) in [5.74, 6) is -1.05. The molecule has 20 heavy (non-hydrogen) atoms. The summed E-state index contributed by atoms with van der Waals surface area (Å²) in [5.41, 5.74) is 0.388. The SMILES string of the molecule is CNC(c1ccc(F)c(F)c1)C1(OC)CCCC(C)C1. The minimum absolute atomic E-state index is 0.134. The average Bonchev–Trinajstić information content (AvgIpc) is 2.43. The number of benzene rings is 1. The van der Waals surface area contributed by atoms with E-state index in [9.17, 15) is 8.78 Å². The Bertz CT molecular complexity index is 466. The molecule has 1 aromatic carbocycles. The van der Waals surface area contributed by atoms with Crippen molar-refractivity contribution in [3.8, 4) is 0 Å². The summed E-state index contributed by atoms with van der Waals surface area (Å²) < 4.78 is 32.5. The van der Waals surface area contributed by atoms with Crippen LogP contribution in [0.25, 0.3) is 0 Å². The molecule has 1 N–H and O–H groups in total. The highest BCUT2D eigenvalue weighted by molar-refractivity contribution is 5.25. The lowest BCUT2D eigenvalue weighted by atomic mass is 9.72. The maximum absolute atomic E-state index is 13.5. The first kappa shape index (κ1) is 15.4. The molecule has 0 amide bonds. The fourth-order valence-electron chi connectivity index (χ4n) is 3.53. The standard InChI is InChI=1S/C16H23F2NO/c1-11-5-4-8-16(10-11,20-3)15(19-2)12-6-7-13(17)14(18)9-12/h6-7,9,11,15,19H,4-5,8,10H2,1-3H3. The van der Waals surface area contributed by atoms with Crippen molar-refractivity contribution in [2.24, 2.45) is 5.92 Å². The summed E-state index contributed by atoms with van der Waals surface area (Å²) in [6.07, 6.45) is 4.14. The van der Waals surface area contributed by atoms with E-state index in [-0.39, 0.29) is 11.6 Å². The number of rotatable bonds is 4. The van der Waals surface area contributed by atoms with E-state index in [1.165, 1.54) is 18.6 Å². The smallest absolute Gasteiger partial charge is 0.159 e. The summed E-state index contributed by atoms with van der Waals surface area (Å²) in [5, 5.41) is 3.23. The average molecular weight is 283 g/mol. The molecule has 112 valence electrons. The van der Waals surface area contributed by atoms with Gasteiger partial charge in [-0.05, 0) is 43.5 Å². The molecule has 0 saturated heterocycles. The van der Waals surface area contributed by atoms with Crippen molar-refractivity contribution in [1.82, 2.24) is 5.32 Å². The molecular weight excluding hydrogens is 260 g/mol. The van der Waals surface area contributed by atoms with Gasteiger partial charge in [-0.1, -0.05) is 25.8 Å². The third kappa shape index (κ3) is 2.86. The maximum Gasteiger partial charge on any atom is 0.159 e. The van der Waals surface area contributed by atoms with Gasteiger partial charge in [-0.15, -0.1) is 0 Å². The molecule has 4 heteroatoms. The summed E-state index contributed by atoms with van der Waals surface area (Å²) in [4.78, 5) is 0. The van der Waals surface area contributed by atoms with E-state index in [0.29, 0.717) is 5.92 Å². The van der Waals surface area contributed by atoms with Crippen LogP contribution < -0.4 is 5.32 Å². The minimum atomic E-state index is -0.813. The Hall–Kier alpha value is -1.00. The molecule has 0 bridgehead atoms. The Morgan fingerprint density at radius 1 is 1.35 bits per heavy atom. The molecule has 1 fully saturated rings. The largest absolute Gasteiger partial charge is 0.376 e. The highest BCUT2D eigenvalue weighted by atomic mass is 19.2. The quantitative estimate of drug-likeness (QED) is 0.907. The van der Waals surface area contributed by atoms with E-state index in [1.54, 1.807) is 13.2 Å². The topological polar surface area (TPSA) is 21.3 Å². The van der Waals surface area contributed by atoms with Gasteiger partial charge in [0, 0.05) is 7.11 Å². The van der Waals surface area contributed by atoms with E-state index >= 15 is 0 Å². The minimum Gasteiger partial charge on any atom is -0.376 e. The van der Waals surface area contributed by atoms with Crippen molar-refractivity contribution in [1.29, 1.82) is 0 Å². The molecule has 0 heterocycles. The molecule has 1 aliphatic rings. The van der Waals surface area contributed by atoms with Gasteiger partial charge in [0.25, 0.3) is 0 Å². The van der Waals surface area contributed by atoms with Crippen LogP contribution in [0.1, 0.15) is 44.2 Å². The van der Waals surface area contributed by atoms with E-state index in [0.717, 1.165) is 24.8 Å². The van der Waals surface area contributed by atoms with Crippen LogP contribution in [0.5, 0.6) is 0 Å². The van der Waals surface area contributed by atoms with Gasteiger partial charge in [0.2, 0.25) is 0 Å². The second-order valence-corrected chi connectivity index (χ2v) is 5.87. The van der Waals surface area contributed by atoms with Gasteiger partial charge in [-0.3, -0.25) is 0 Å². The van der Waals surface area contributed by atoms with E-state index in [1.807, 2.05) is 7.05 Å². The zero-order valence-electron chi connectivity index (χ0n) is 12.4. The van der Waals surface area contributed by atoms with Crippen molar-refractivity contribution >= 4 is 0 Å². The zero-order chi connectivity index (χ0) is 14.8. The normalized spacial score (nSPS) is 28.4. The van der Waals surface area contributed by atoms with Crippen LogP contribution in [0.4, 0.5) is 8.78 Å². The predicted molar refractivity (Wildman–Crippen MR) is 75.5 cm³/mol. The molecule has 1 saturated carbocycles. The van der Waals surface area contributed by atoms with E-state index < -0.39 is 11.6 Å². The number of nitrogens with one attached hydrogen (secondary N) is 1.